The standard InChI is InChI=1S/C18H19F3N2O2S/c19-18(20,21)16-7-9-17(10-8-16)26(24,25)23-12-4-11-22(14-23)13-15-5-2-1-3-6-15/h1-3,5-10H,4,11-14H2. The highest BCUT2D eigenvalue weighted by Crippen LogP contribution is 2.30. The van der Waals surface area contributed by atoms with Gasteiger partial charge < -0.3 is 0 Å². The monoisotopic (exact) mass is 384 g/mol. The van der Waals surface area contributed by atoms with Crippen molar-refractivity contribution in [1.29, 1.82) is 0 Å². The lowest BCUT2D eigenvalue weighted by atomic mass is 10.2. The molecule has 0 radical (unpaired) electrons. The highest BCUT2D eigenvalue weighted by Gasteiger charge is 2.32. The number of hydrogen-bond acceptors (Lipinski definition) is 3. The second kappa shape index (κ2) is 7.38. The summed E-state index contributed by atoms with van der Waals surface area (Å²) in [6, 6.07) is 13.4. The van der Waals surface area contributed by atoms with Gasteiger partial charge in [0.05, 0.1) is 17.1 Å². The summed E-state index contributed by atoms with van der Waals surface area (Å²) in [6.45, 7) is 1.97. The van der Waals surface area contributed by atoms with Crippen molar-refractivity contribution in [1.82, 2.24) is 9.21 Å². The fraction of sp³-hybridized carbons (Fsp3) is 0.333. The summed E-state index contributed by atoms with van der Waals surface area (Å²) >= 11 is 0. The molecule has 1 aliphatic heterocycles. The van der Waals surface area contributed by atoms with Gasteiger partial charge in [0.15, 0.2) is 0 Å². The van der Waals surface area contributed by atoms with Gasteiger partial charge in [-0.3, -0.25) is 4.90 Å². The molecule has 1 heterocycles. The number of alkyl halides is 3. The van der Waals surface area contributed by atoms with Gasteiger partial charge in [-0.25, -0.2) is 8.42 Å². The summed E-state index contributed by atoms with van der Waals surface area (Å²) in [5, 5.41) is 0. The molecule has 26 heavy (non-hydrogen) atoms. The Morgan fingerprint density at radius 1 is 0.923 bits per heavy atom. The van der Waals surface area contributed by atoms with E-state index in [1.165, 1.54) is 4.31 Å². The molecule has 0 saturated carbocycles. The lowest BCUT2D eigenvalue weighted by molar-refractivity contribution is -0.137. The molecule has 8 heteroatoms. The van der Waals surface area contributed by atoms with Crippen LogP contribution in [0.4, 0.5) is 13.2 Å². The van der Waals surface area contributed by atoms with Crippen molar-refractivity contribution in [2.45, 2.75) is 24.0 Å². The van der Waals surface area contributed by atoms with Crippen LogP contribution >= 0.6 is 0 Å². The predicted octanol–water partition coefficient (Wildman–Crippen LogP) is 3.56. The van der Waals surface area contributed by atoms with Crippen LogP contribution in [0.1, 0.15) is 17.5 Å². The maximum Gasteiger partial charge on any atom is 0.416 e. The second-order valence-corrected chi connectivity index (χ2v) is 8.17. The molecule has 140 valence electrons. The van der Waals surface area contributed by atoms with E-state index in [2.05, 4.69) is 0 Å². The van der Waals surface area contributed by atoms with Crippen LogP contribution in [0.15, 0.2) is 59.5 Å². The third-order valence-electron chi connectivity index (χ3n) is 4.31. The van der Waals surface area contributed by atoms with E-state index < -0.39 is 21.8 Å². The Hall–Kier alpha value is -1.90. The van der Waals surface area contributed by atoms with E-state index in [-0.39, 0.29) is 11.6 Å². The van der Waals surface area contributed by atoms with Crippen LogP contribution in [0.25, 0.3) is 0 Å². The molecule has 0 spiro atoms. The first-order chi connectivity index (χ1) is 12.3. The highest BCUT2D eigenvalue weighted by atomic mass is 32.2. The van der Waals surface area contributed by atoms with Gasteiger partial charge in [-0.05, 0) is 36.2 Å². The Bertz CT molecular complexity index is 837. The summed E-state index contributed by atoms with van der Waals surface area (Å²) in [6.07, 6.45) is -3.81. The van der Waals surface area contributed by atoms with Gasteiger partial charge in [0.1, 0.15) is 0 Å². The minimum absolute atomic E-state index is 0.118. The van der Waals surface area contributed by atoms with Crippen LogP contribution in [0, 0.1) is 0 Å². The molecule has 0 unspecified atom stereocenters. The fourth-order valence-corrected chi connectivity index (χ4v) is 4.43. The molecule has 0 amide bonds. The van der Waals surface area contributed by atoms with Crippen LogP contribution in [0.2, 0.25) is 0 Å². The van der Waals surface area contributed by atoms with Gasteiger partial charge in [0.2, 0.25) is 10.0 Å². The summed E-state index contributed by atoms with van der Waals surface area (Å²) in [5.41, 5.74) is 0.224. The molecule has 4 nitrogen and oxygen atoms in total. The Labute approximate surface area is 150 Å². The first kappa shape index (κ1) is 18.9. The number of halogens is 3. The van der Waals surface area contributed by atoms with Gasteiger partial charge in [0, 0.05) is 19.6 Å². The number of benzene rings is 2. The van der Waals surface area contributed by atoms with E-state index in [0.717, 1.165) is 36.4 Å². The smallest absolute Gasteiger partial charge is 0.285 e. The van der Waals surface area contributed by atoms with Crippen LogP contribution in [-0.4, -0.2) is 37.4 Å². The number of sulfonamides is 1. The average molecular weight is 384 g/mol. The third kappa shape index (κ3) is 4.25. The number of nitrogens with zero attached hydrogens (tertiary/aromatic N) is 2. The van der Waals surface area contributed by atoms with Crippen molar-refractivity contribution in [3.8, 4) is 0 Å². The van der Waals surface area contributed by atoms with Crippen LogP contribution < -0.4 is 0 Å². The molecule has 0 bridgehead atoms. The lowest BCUT2D eigenvalue weighted by Crippen LogP contribution is -2.46. The molecular formula is C18H19F3N2O2S. The van der Waals surface area contributed by atoms with Gasteiger partial charge in [-0.2, -0.15) is 17.5 Å². The lowest BCUT2D eigenvalue weighted by Gasteiger charge is -2.34. The summed E-state index contributed by atoms with van der Waals surface area (Å²) < 4.78 is 64.8. The molecule has 0 atom stereocenters. The number of hydrogen-bond donors (Lipinski definition) is 0. The third-order valence-corrected chi connectivity index (χ3v) is 6.15. The van der Waals surface area contributed by atoms with E-state index in [4.69, 9.17) is 0 Å². The van der Waals surface area contributed by atoms with Gasteiger partial charge in [0.25, 0.3) is 0 Å². The van der Waals surface area contributed by atoms with Crippen LogP contribution in [0.5, 0.6) is 0 Å². The number of rotatable bonds is 4. The zero-order valence-corrected chi connectivity index (χ0v) is 14.8. The Kier molecular flexibility index (Phi) is 5.36. The average Bonchev–Trinajstić information content (AvgIpc) is 2.62. The largest absolute Gasteiger partial charge is 0.416 e. The van der Waals surface area contributed by atoms with E-state index in [0.29, 0.717) is 19.5 Å². The van der Waals surface area contributed by atoms with Gasteiger partial charge in [-0.1, -0.05) is 30.3 Å². The molecule has 2 aromatic carbocycles. The molecular weight excluding hydrogens is 365 g/mol. The van der Waals surface area contributed by atoms with Gasteiger partial charge in [-0.15, -0.1) is 0 Å². The fourth-order valence-electron chi connectivity index (χ4n) is 2.97. The predicted molar refractivity (Wildman–Crippen MR) is 91.7 cm³/mol. The Balaban J connectivity index is 1.74. The van der Waals surface area contributed by atoms with E-state index in [9.17, 15) is 21.6 Å². The maximum atomic E-state index is 12.8. The molecule has 3 rings (SSSR count). The molecule has 1 saturated heterocycles. The molecule has 0 N–H and O–H groups in total. The van der Waals surface area contributed by atoms with E-state index in [1.54, 1.807) is 0 Å². The summed E-state index contributed by atoms with van der Waals surface area (Å²) in [4.78, 5) is 1.90. The molecule has 0 aliphatic carbocycles. The van der Waals surface area contributed by atoms with Crippen LogP contribution in [0.3, 0.4) is 0 Å². The molecule has 2 aromatic rings. The zero-order valence-electron chi connectivity index (χ0n) is 14.0. The zero-order chi connectivity index (χ0) is 18.8. The van der Waals surface area contributed by atoms with Crippen LogP contribution in [-0.2, 0) is 22.7 Å². The quantitative estimate of drug-likeness (QED) is 0.809. The Morgan fingerprint density at radius 3 is 2.19 bits per heavy atom. The Morgan fingerprint density at radius 2 is 1.58 bits per heavy atom. The van der Waals surface area contributed by atoms with Crippen molar-refractivity contribution in [3.05, 3.63) is 65.7 Å². The molecule has 1 fully saturated rings. The van der Waals surface area contributed by atoms with Gasteiger partial charge >= 0.3 is 6.18 Å². The summed E-state index contributed by atoms with van der Waals surface area (Å²) in [7, 11) is -3.83. The molecule has 1 aliphatic rings. The first-order valence-corrected chi connectivity index (χ1v) is 9.64. The minimum Gasteiger partial charge on any atom is -0.285 e. The molecule has 0 aromatic heterocycles. The minimum atomic E-state index is -4.49. The van der Waals surface area contributed by atoms with E-state index in [1.807, 2.05) is 35.2 Å². The topological polar surface area (TPSA) is 40.6 Å². The van der Waals surface area contributed by atoms with Crippen molar-refractivity contribution in [2.24, 2.45) is 0 Å². The SMILES string of the molecule is O=S(=O)(c1ccc(C(F)(F)F)cc1)N1CCCN(Cc2ccccc2)C1. The van der Waals surface area contributed by atoms with Crippen molar-refractivity contribution in [2.75, 3.05) is 19.8 Å². The summed E-state index contributed by atoms with van der Waals surface area (Å²) in [5.74, 6) is 0. The van der Waals surface area contributed by atoms with Crippen molar-refractivity contribution < 1.29 is 21.6 Å². The van der Waals surface area contributed by atoms with Crippen molar-refractivity contribution >= 4 is 10.0 Å². The normalized spacial score (nSPS) is 17.3. The van der Waals surface area contributed by atoms with Crippen molar-refractivity contribution in [3.63, 3.8) is 0 Å². The second-order valence-electron chi connectivity index (χ2n) is 6.24. The van der Waals surface area contributed by atoms with E-state index >= 15 is 0 Å². The highest BCUT2D eigenvalue weighted by molar-refractivity contribution is 7.89. The maximum absolute atomic E-state index is 12.8. The first-order valence-electron chi connectivity index (χ1n) is 8.20.